The lowest BCUT2D eigenvalue weighted by atomic mass is 10.1. The molecular formula is C31H37N3O5. The third-order valence-electron chi connectivity index (χ3n) is 6.81. The average Bonchev–Trinajstić information content (AvgIpc) is 3.31. The van der Waals surface area contributed by atoms with Crippen molar-refractivity contribution in [2.75, 3.05) is 35.0 Å². The highest BCUT2D eigenvalue weighted by molar-refractivity contribution is 5.95. The maximum absolute atomic E-state index is 13.9. The summed E-state index contributed by atoms with van der Waals surface area (Å²) in [4.78, 5) is 20.7. The summed E-state index contributed by atoms with van der Waals surface area (Å²) in [6.07, 6.45) is 0.861. The zero-order valence-corrected chi connectivity index (χ0v) is 23.6. The van der Waals surface area contributed by atoms with Crippen molar-refractivity contribution in [2.45, 2.75) is 33.4 Å². The zero-order chi connectivity index (χ0) is 27.9. The first-order chi connectivity index (χ1) is 18.9. The summed E-state index contributed by atoms with van der Waals surface area (Å²) in [6, 6.07) is 19.0. The molecule has 0 saturated heterocycles. The molecule has 0 atom stereocenters. The molecule has 1 amide bonds. The van der Waals surface area contributed by atoms with Crippen LogP contribution in [-0.2, 0) is 13.1 Å². The van der Waals surface area contributed by atoms with Crippen LogP contribution in [0.25, 0.3) is 11.0 Å². The number of methoxy groups -OCH3 is 4. The monoisotopic (exact) mass is 531 g/mol. The second kappa shape index (κ2) is 12.6. The van der Waals surface area contributed by atoms with Crippen molar-refractivity contribution >= 4 is 16.9 Å². The number of fused-ring (bicyclic) bond motifs is 1. The van der Waals surface area contributed by atoms with Crippen LogP contribution < -0.4 is 18.9 Å². The fraction of sp³-hybridized carbons (Fsp3) is 0.355. The molecule has 0 radical (unpaired) electrons. The molecule has 3 aromatic carbocycles. The van der Waals surface area contributed by atoms with Crippen LogP contribution in [0.5, 0.6) is 23.0 Å². The van der Waals surface area contributed by atoms with Gasteiger partial charge >= 0.3 is 0 Å². The summed E-state index contributed by atoms with van der Waals surface area (Å²) >= 11 is 0. The fourth-order valence-electron chi connectivity index (χ4n) is 4.65. The second-order valence-corrected chi connectivity index (χ2v) is 9.72. The fourth-order valence-corrected chi connectivity index (χ4v) is 4.65. The molecule has 39 heavy (non-hydrogen) atoms. The summed E-state index contributed by atoms with van der Waals surface area (Å²) in [7, 11) is 6.45. The molecule has 1 aromatic heterocycles. The molecule has 0 N–H and O–H groups in total. The van der Waals surface area contributed by atoms with E-state index in [1.54, 1.807) is 46.6 Å². The smallest absolute Gasteiger partial charge is 0.254 e. The van der Waals surface area contributed by atoms with Gasteiger partial charge in [0.2, 0.25) is 0 Å². The van der Waals surface area contributed by atoms with Crippen LogP contribution in [0.15, 0.2) is 60.7 Å². The van der Waals surface area contributed by atoms with E-state index in [0.717, 1.165) is 40.3 Å². The highest BCUT2D eigenvalue weighted by Crippen LogP contribution is 2.32. The SMILES string of the molecule is COc1ccc(C(=O)N(CCC(C)C)Cc2nc3ccccc3n2Cc2c(OC)cccc2OC)cc1OC. The molecular weight excluding hydrogens is 494 g/mol. The van der Waals surface area contributed by atoms with Gasteiger partial charge in [0.15, 0.2) is 11.5 Å². The van der Waals surface area contributed by atoms with Crippen molar-refractivity contribution in [1.82, 2.24) is 14.5 Å². The summed E-state index contributed by atoms with van der Waals surface area (Å²) in [5.74, 6) is 3.68. The van der Waals surface area contributed by atoms with Crippen molar-refractivity contribution in [3.8, 4) is 23.0 Å². The van der Waals surface area contributed by atoms with Gasteiger partial charge in [0, 0.05) is 12.1 Å². The van der Waals surface area contributed by atoms with Crippen LogP contribution in [0, 0.1) is 5.92 Å². The molecule has 0 aliphatic rings. The van der Waals surface area contributed by atoms with Crippen molar-refractivity contribution in [3.05, 3.63) is 77.6 Å². The Balaban J connectivity index is 1.76. The second-order valence-electron chi connectivity index (χ2n) is 9.72. The number of benzene rings is 3. The highest BCUT2D eigenvalue weighted by atomic mass is 16.5. The number of hydrogen-bond donors (Lipinski definition) is 0. The van der Waals surface area contributed by atoms with E-state index in [-0.39, 0.29) is 5.91 Å². The third kappa shape index (κ3) is 6.11. The number of hydrogen-bond acceptors (Lipinski definition) is 6. The number of carbonyl (C=O) groups excluding carboxylic acids is 1. The Kier molecular flexibility index (Phi) is 8.96. The van der Waals surface area contributed by atoms with Crippen LogP contribution in [-0.4, -0.2) is 55.3 Å². The first kappa shape index (κ1) is 27.8. The summed E-state index contributed by atoms with van der Waals surface area (Å²) in [5.41, 5.74) is 3.28. The van der Waals surface area contributed by atoms with Crippen LogP contribution in [0.3, 0.4) is 0 Å². The zero-order valence-electron chi connectivity index (χ0n) is 23.6. The Morgan fingerprint density at radius 2 is 1.51 bits per heavy atom. The van der Waals surface area contributed by atoms with E-state index in [0.29, 0.717) is 42.6 Å². The average molecular weight is 532 g/mol. The molecule has 1 heterocycles. The quantitative estimate of drug-likeness (QED) is 0.230. The minimum absolute atomic E-state index is 0.0925. The van der Waals surface area contributed by atoms with Crippen molar-refractivity contribution in [3.63, 3.8) is 0 Å². The van der Waals surface area contributed by atoms with Gasteiger partial charge in [-0.1, -0.05) is 32.0 Å². The lowest BCUT2D eigenvalue weighted by Gasteiger charge is -2.25. The molecule has 0 aliphatic heterocycles. The van der Waals surface area contributed by atoms with Crippen LogP contribution >= 0.6 is 0 Å². The Labute approximate surface area is 230 Å². The predicted molar refractivity (Wildman–Crippen MR) is 152 cm³/mol. The van der Waals surface area contributed by atoms with Gasteiger partial charge < -0.3 is 28.4 Å². The van der Waals surface area contributed by atoms with E-state index in [2.05, 4.69) is 18.4 Å². The van der Waals surface area contributed by atoms with Crippen LogP contribution in [0.4, 0.5) is 0 Å². The Morgan fingerprint density at radius 3 is 2.15 bits per heavy atom. The maximum atomic E-state index is 13.9. The standard InChI is InChI=1S/C31H37N3O5/c1-21(2)16-17-33(31(35)22-14-15-28(38-5)29(18-22)39-6)20-30-32-24-10-7-8-11-25(24)34(30)19-23-26(36-3)12-9-13-27(23)37-4/h7-15,18,21H,16-17,19-20H2,1-6H3. The summed E-state index contributed by atoms with van der Waals surface area (Å²) in [5, 5.41) is 0. The number of imidazole rings is 1. The van der Waals surface area contributed by atoms with Gasteiger partial charge in [-0.25, -0.2) is 4.98 Å². The first-order valence-corrected chi connectivity index (χ1v) is 13.0. The molecule has 0 unspecified atom stereocenters. The van der Waals surface area contributed by atoms with Crippen LogP contribution in [0.2, 0.25) is 0 Å². The van der Waals surface area contributed by atoms with Crippen molar-refractivity contribution < 1.29 is 23.7 Å². The van der Waals surface area contributed by atoms with Gasteiger partial charge in [0.25, 0.3) is 5.91 Å². The topological polar surface area (TPSA) is 75.1 Å². The van der Waals surface area contributed by atoms with Gasteiger partial charge in [-0.2, -0.15) is 0 Å². The van der Waals surface area contributed by atoms with Gasteiger partial charge in [-0.05, 0) is 54.8 Å². The Morgan fingerprint density at radius 1 is 0.846 bits per heavy atom. The normalized spacial score (nSPS) is 11.1. The lowest BCUT2D eigenvalue weighted by Crippen LogP contribution is -2.33. The molecule has 0 fully saturated rings. The van der Waals surface area contributed by atoms with E-state index in [9.17, 15) is 4.79 Å². The molecule has 8 nitrogen and oxygen atoms in total. The van der Waals surface area contributed by atoms with Gasteiger partial charge in [-0.3, -0.25) is 4.79 Å². The lowest BCUT2D eigenvalue weighted by molar-refractivity contribution is 0.0729. The number of rotatable bonds is 12. The molecule has 0 aliphatic carbocycles. The maximum Gasteiger partial charge on any atom is 0.254 e. The van der Waals surface area contributed by atoms with Crippen LogP contribution in [0.1, 0.15) is 42.0 Å². The Hall–Kier alpha value is -4.20. The molecule has 4 rings (SSSR count). The number of aromatic nitrogens is 2. The van der Waals surface area contributed by atoms with E-state index < -0.39 is 0 Å². The Bertz CT molecular complexity index is 1410. The third-order valence-corrected chi connectivity index (χ3v) is 6.81. The summed E-state index contributed by atoms with van der Waals surface area (Å²) < 4.78 is 24.3. The number of amides is 1. The minimum Gasteiger partial charge on any atom is -0.496 e. The number of ether oxygens (including phenoxy) is 4. The van der Waals surface area contributed by atoms with E-state index in [1.165, 1.54) is 0 Å². The van der Waals surface area contributed by atoms with E-state index in [4.69, 9.17) is 23.9 Å². The van der Waals surface area contributed by atoms with Gasteiger partial charge in [0.05, 0.1) is 58.1 Å². The molecule has 0 saturated carbocycles. The summed E-state index contributed by atoms with van der Waals surface area (Å²) in [6.45, 7) is 5.72. The predicted octanol–water partition coefficient (Wildman–Crippen LogP) is 5.81. The number of nitrogens with zero attached hydrogens (tertiary/aromatic N) is 3. The van der Waals surface area contributed by atoms with E-state index >= 15 is 0 Å². The molecule has 4 aromatic rings. The highest BCUT2D eigenvalue weighted by Gasteiger charge is 2.23. The van der Waals surface area contributed by atoms with Gasteiger partial charge in [0.1, 0.15) is 17.3 Å². The molecule has 8 heteroatoms. The molecule has 206 valence electrons. The number of para-hydroxylation sites is 2. The molecule has 0 spiro atoms. The van der Waals surface area contributed by atoms with E-state index in [1.807, 2.05) is 47.4 Å². The number of carbonyl (C=O) groups is 1. The first-order valence-electron chi connectivity index (χ1n) is 13.0. The van der Waals surface area contributed by atoms with Gasteiger partial charge in [-0.15, -0.1) is 0 Å². The van der Waals surface area contributed by atoms with Crippen molar-refractivity contribution in [2.24, 2.45) is 5.92 Å². The minimum atomic E-state index is -0.0925. The molecule has 0 bridgehead atoms. The largest absolute Gasteiger partial charge is 0.496 e. The van der Waals surface area contributed by atoms with Crippen molar-refractivity contribution in [1.29, 1.82) is 0 Å².